The Morgan fingerprint density at radius 3 is 2.60 bits per heavy atom. The maximum absolute atomic E-state index is 5.90. The van der Waals surface area contributed by atoms with Crippen LogP contribution >= 0.6 is 0 Å². The molecule has 1 atom stereocenters. The van der Waals surface area contributed by atoms with E-state index >= 15 is 0 Å². The minimum Gasteiger partial charge on any atom is -0.350 e. The predicted molar refractivity (Wildman–Crippen MR) is 84.7 cm³/mol. The third-order valence-corrected chi connectivity index (χ3v) is 4.50. The standard InChI is InChI=1S/C17H25N3/c1-4-20-10-14-7-16-13(6-5-12(2)18)9-19(3)17(16)8-15(14)11-20/h7-9,12H,4-6,10-11,18H2,1-3H3. The summed E-state index contributed by atoms with van der Waals surface area (Å²) in [7, 11) is 2.15. The van der Waals surface area contributed by atoms with E-state index in [1.807, 2.05) is 0 Å². The van der Waals surface area contributed by atoms with Gasteiger partial charge in [-0.05, 0) is 55.1 Å². The van der Waals surface area contributed by atoms with E-state index < -0.39 is 0 Å². The number of nitrogens with two attached hydrogens (primary N) is 1. The number of hydrogen-bond acceptors (Lipinski definition) is 2. The Morgan fingerprint density at radius 1 is 1.25 bits per heavy atom. The molecule has 3 rings (SSSR count). The van der Waals surface area contributed by atoms with Gasteiger partial charge in [-0.3, -0.25) is 4.90 Å². The molecule has 0 bridgehead atoms. The molecule has 108 valence electrons. The Labute approximate surface area is 121 Å². The van der Waals surface area contributed by atoms with Crippen LogP contribution in [0.1, 0.15) is 37.0 Å². The highest BCUT2D eigenvalue weighted by Gasteiger charge is 2.19. The highest BCUT2D eigenvalue weighted by Crippen LogP contribution is 2.30. The Kier molecular flexibility index (Phi) is 3.57. The molecule has 1 aliphatic heterocycles. The molecule has 1 aromatic carbocycles. The van der Waals surface area contributed by atoms with Crippen molar-refractivity contribution in [3.05, 3.63) is 35.0 Å². The molecule has 3 nitrogen and oxygen atoms in total. The second-order valence-electron chi connectivity index (χ2n) is 6.22. The van der Waals surface area contributed by atoms with E-state index in [1.54, 1.807) is 0 Å². The average molecular weight is 271 g/mol. The molecule has 2 aromatic rings. The highest BCUT2D eigenvalue weighted by molar-refractivity contribution is 5.85. The Bertz CT molecular complexity index is 625. The van der Waals surface area contributed by atoms with Crippen LogP contribution in [0.3, 0.4) is 0 Å². The van der Waals surface area contributed by atoms with Gasteiger partial charge in [0, 0.05) is 43.3 Å². The highest BCUT2D eigenvalue weighted by atomic mass is 15.1. The molecule has 1 unspecified atom stereocenters. The Balaban J connectivity index is 1.99. The minimum absolute atomic E-state index is 0.273. The summed E-state index contributed by atoms with van der Waals surface area (Å²) in [5.41, 5.74) is 11.7. The first kappa shape index (κ1) is 13.7. The van der Waals surface area contributed by atoms with Gasteiger partial charge in [0.25, 0.3) is 0 Å². The van der Waals surface area contributed by atoms with Crippen molar-refractivity contribution in [3.8, 4) is 0 Å². The van der Waals surface area contributed by atoms with Gasteiger partial charge in [-0.25, -0.2) is 0 Å². The molecule has 0 fully saturated rings. The Hall–Kier alpha value is -1.32. The van der Waals surface area contributed by atoms with Crippen LogP contribution in [-0.4, -0.2) is 22.1 Å². The summed E-state index contributed by atoms with van der Waals surface area (Å²) in [4.78, 5) is 2.49. The van der Waals surface area contributed by atoms with E-state index in [9.17, 15) is 0 Å². The van der Waals surface area contributed by atoms with Crippen LogP contribution in [0.25, 0.3) is 10.9 Å². The van der Waals surface area contributed by atoms with Crippen molar-refractivity contribution in [1.29, 1.82) is 0 Å². The normalized spacial score (nSPS) is 16.8. The van der Waals surface area contributed by atoms with Gasteiger partial charge in [0.1, 0.15) is 0 Å². The van der Waals surface area contributed by atoms with E-state index in [2.05, 4.69) is 48.7 Å². The minimum atomic E-state index is 0.273. The molecule has 0 spiro atoms. The van der Waals surface area contributed by atoms with Gasteiger partial charge in [0.05, 0.1) is 0 Å². The maximum atomic E-state index is 5.90. The topological polar surface area (TPSA) is 34.2 Å². The van der Waals surface area contributed by atoms with Crippen molar-refractivity contribution in [2.45, 2.75) is 45.8 Å². The number of aromatic nitrogens is 1. The van der Waals surface area contributed by atoms with Crippen LogP contribution in [0.4, 0.5) is 0 Å². The van der Waals surface area contributed by atoms with Gasteiger partial charge in [-0.2, -0.15) is 0 Å². The second-order valence-corrected chi connectivity index (χ2v) is 6.22. The third-order valence-electron chi connectivity index (χ3n) is 4.50. The summed E-state index contributed by atoms with van der Waals surface area (Å²) < 4.78 is 2.26. The fourth-order valence-corrected chi connectivity index (χ4v) is 3.24. The van der Waals surface area contributed by atoms with Gasteiger partial charge >= 0.3 is 0 Å². The van der Waals surface area contributed by atoms with Gasteiger partial charge < -0.3 is 10.3 Å². The summed E-state index contributed by atoms with van der Waals surface area (Å²) in [6.07, 6.45) is 4.41. The lowest BCUT2D eigenvalue weighted by Gasteiger charge is -2.09. The zero-order valence-electron chi connectivity index (χ0n) is 12.8. The lowest BCUT2D eigenvalue weighted by atomic mass is 10.0. The molecular formula is C17H25N3. The van der Waals surface area contributed by atoms with E-state index in [0.29, 0.717) is 0 Å². The van der Waals surface area contributed by atoms with E-state index in [4.69, 9.17) is 5.73 Å². The first-order valence-electron chi connectivity index (χ1n) is 7.66. The summed E-state index contributed by atoms with van der Waals surface area (Å²) in [6.45, 7) is 7.65. The molecule has 0 aliphatic carbocycles. The molecule has 0 amide bonds. The molecule has 20 heavy (non-hydrogen) atoms. The van der Waals surface area contributed by atoms with E-state index in [1.165, 1.54) is 27.6 Å². The van der Waals surface area contributed by atoms with Crippen molar-refractivity contribution in [2.24, 2.45) is 12.8 Å². The van der Waals surface area contributed by atoms with E-state index in [0.717, 1.165) is 32.5 Å². The summed E-state index contributed by atoms with van der Waals surface area (Å²) in [6, 6.07) is 5.07. The van der Waals surface area contributed by atoms with Crippen molar-refractivity contribution in [1.82, 2.24) is 9.47 Å². The number of fused-ring (bicyclic) bond motifs is 2. The second kappa shape index (κ2) is 5.23. The van der Waals surface area contributed by atoms with Crippen molar-refractivity contribution in [2.75, 3.05) is 6.54 Å². The van der Waals surface area contributed by atoms with Crippen LogP contribution in [-0.2, 0) is 26.6 Å². The SMILES string of the molecule is CCN1Cc2cc3c(CCC(C)N)cn(C)c3cc2C1. The summed E-state index contributed by atoms with van der Waals surface area (Å²) in [5, 5.41) is 1.42. The van der Waals surface area contributed by atoms with Gasteiger partial charge in [0.15, 0.2) is 0 Å². The maximum Gasteiger partial charge on any atom is 0.0484 e. The van der Waals surface area contributed by atoms with Crippen LogP contribution < -0.4 is 5.73 Å². The molecule has 1 aromatic heterocycles. The molecule has 3 heteroatoms. The van der Waals surface area contributed by atoms with E-state index in [-0.39, 0.29) is 6.04 Å². The fraction of sp³-hybridized carbons (Fsp3) is 0.529. The molecule has 1 aliphatic rings. The van der Waals surface area contributed by atoms with Crippen molar-refractivity contribution >= 4 is 10.9 Å². The number of aryl methyl sites for hydroxylation is 2. The largest absolute Gasteiger partial charge is 0.350 e. The van der Waals surface area contributed by atoms with Crippen LogP contribution in [0.5, 0.6) is 0 Å². The fourth-order valence-electron chi connectivity index (χ4n) is 3.24. The van der Waals surface area contributed by atoms with Crippen LogP contribution in [0.15, 0.2) is 18.3 Å². The molecule has 0 saturated carbocycles. The quantitative estimate of drug-likeness (QED) is 0.928. The molecular weight excluding hydrogens is 246 g/mol. The molecule has 0 saturated heterocycles. The lowest BCUT2D eigenvalue weighted by Crippen LogP contribution is -2.15. The Morgan fingerprint density at radius 2 is 1.95 bits per heavy atom. The zero-order valence-corrected chi connectivity index (χ0v) is 12.8. The number of hydrogen-bond donors (Lipinski definition) is 1. The number of rotatable bonds is 4. The monoisotopic (exact) mass is 271 g/mol. The smallest absolute Gasteiger partial charge is 0.0484 e. The van der Waals surface area contributed by atoms with Gasteiger partial charge in [-0.1, -0.05) is 6.92 Å². The van der Waals surface area contributed by atoms with Gasteiger partial charge in [-0.15, -0.1) is 0 Å². The first-order chi connectivity index (χ1) is 9.58. The van der Waals surface area contributed by atoms with Crippen LogP contribution in [0, 0.1) is 0 Å². The molecule has 2 N–H and O–H groups in total. The van der Waals surface area contributed by atoms with Crippen molar-refractivity contribution in [3.63, 3.8) is 0 Å². The van der Waals surface area contributed by atoms with Crippen molar-refractivity contribution < 1.29 is 0 Å². The lowest BCUT2D eigenvalue weighted by molar-refractivity contribution is 0.301. The van der Waals surface area contributed by atoms with Crippen LogP contribution in [0.2, 0.25) is 0 Å². The van der Waals surface area contributed by atoms with Gasteiger partial charge in [0.2, 0.25) is 0 Å². The molecule has 2 heterocycles. The zero-order chi connectivity index (χ0) is 14.3. The summed E-state index contributed by atoms with van der Waals surface area (Å²) in [5.74, 6) is 0. The molecule has 0 radical (unpaired) electrons. The number of nitrogens with zero attached hydrogens (tertiary/aromatic N) is 2. The summed E-state index contributed by atoms with van der Waals surface area (Å²) >= 11 is 0. The number of benzene rings is 1. The first-order valence-corrected chi connectivity index (χ1v) is 7.66. The predicted octanol–water partition coefficient (Wildman–Crippen LogP) is 2.79. The average Bonchev–Trinajstić information content (AvgIpc) is 2.95. The third kappa shape index (κ3) is 2.36.